The zero-order chi connectivity index (χ0) is 22.9. The van der Waals surface area contributed by atoms with Crippen LogP contribution in [0, 0.1) is 13.8 Å². The number of ether oxygens (including phenoxy) is 2. The minimum atomic E-state index is -0.761. The maximum absolute atomic E-state index is 10.8. The molecule has 0 saturated carbocycles. The summed E-state index contributed by atoms with van der Waals surface area (Å²) < 4.78 is 12.3. The molecule has 32 heavy (non-hydrogen) atoms. The highest BCUT2D eigenvalue weighted by molar-refractivity contribution is 7.99. The third-order valence-corrected chi connectivity index (χ3v) is 6.14. The molecule has 1 N–H and O–H groups in total. The van der Waals surface area contributed by atoms with E-state index in [1.54, 1.807) is 11.8 Å². The number of rotatable bonds is 11. The Labute approximate surface area is 194 Å². The number of carbonyl (C=O) groups is 1. The fourth-order valence-corrected chi connectivity index (χ4v) is 4.42. The van der Waals surface area contributed by atoms with Gasteiger partial charge in [-0.15, -0.1) is 11.8 Å². The monoisotopic (exact) mass is 450 g/mol. The van der Waals surface area contributed by atoms with E-state index < -0.39 is 5.97 Å². The van der Waals surface area contributed by atoms with Crippen LogP contribution in [0.3, 0.4) is 0 Å². The molecule has 0 fully saturated rings. The second-order valence-corrected chi connectivity index (χ2v) is 9.08. The van der Waals surface area contributed by atoms with Gasteiger partial charge in [-0.2, -0.15) is 0 Å². The van der Waals surface area contributed by atoms with Gasteiger partial charge in [0.15, 0.2) is 11.5 Å². The first-order valence-electron chi connectivity index (χ1n) is 10.8. The van der Waals surface area contributed by atoms with Crippen molar-refractivity contribution < 1.29 is 19.4 Å². The highest BCUT2D eigenvalue weighted by Gasteiger charge is 2.12. The quantitative estimate of drug-likeness (QED) is 0.317. The van der Waals surface area contributed by atoms with E-state index in [9.17, 15) is 4.79 Å². The maximum Gasteiger partial charge on any atom is 0.303 e. The van der Waals surface area contributed by atoms with E-state index in [2.05, 4.69) is 19.1 Å². The van der Waals surface area contributed by atoms with Crippen molar-refractivity contribution in [1.82, 2.24) is 0 Å². The van der Waals surface area contributed by atoms with E-state index in [1.807, 2.05) is 68.4 Å². The largest absolute Gasteiger partial charge is 0.487 e. The van der Waals surface area contributed by atoms with Gasteiger partial charge in [0.05, 0.1) is 6.10 Å². The summed E-state index contributed by atoms with van der Waals surface area (Å²) in [6.45, 7) is 6.15. The summed E-state index contributed by atoms with van der Waals surface area (Å²) in [7, 11) is 0. The molecule has 168 valence electrons. The molecule has 4 nitrogen and oxygen atoms in total. The highest BCUT2D eigenvalue weighted by Crippen LogP contribution is 2.34. The van der Waals surface area contributed by atoms with Crippen LogP contribution in [0.2, 0.25) is 0 Å². The lowest BCUT2D eigenvalue weighted by atomic mass is 10.0. The summed E-state index contributed by atoms with van der Waals surface area (Å²) in [4.78, 5) is 12.0. The van der Waals surface area contributed by atoms with Crippen LogP contribution in [0.1, 0.15) is 36.5 Å². The fraction of sp³-hybridized carbons (Fsp3) is 0.296. The number of hydrogen-bond donors (Lipinski definition) is 1. The Hall–Kier alpha value is -2.92. The van der Waals surface area contributed by atoms with Crippen LogP contribution in [-0.2, 0) is 11.2 Å². The molecule has 0 aliphatic heterocycles. The molecule has 0 aliphatic carbocycles. The number of hydrogen-bond acceptors (Lipinski definition) is 4. The predicted octanol–water partition coefficient (Wildman–Crippen LogP) is 7.06. The highest BCUT2D eigenvalue weighted by atomic mass is 32.2. The Bertz CT molecular complexity index is 1030. The SMILES string of the molecule is Cc1ccc(O[C@H](C)CCSc2ccc(CCC(=O)O)c(C)c2)c(Oc2ccccc2)c1. The van der Waals surface area contributed by atoms with E-state index in [1.165, 1.54) is 4.90 Å². The Morgan fingerprint density at radius 1 is 1.00 bits per heavy atom. The van der Waals surface area contributed by atoms with Crippen LogP contribution in [0.5, 0.6) is 17.2 Å². The second kappa shape index (κ2) is 11.6. The lowest BCUT2D eigenvalue weighted by Gasteiger charge is -2.18. The van der Waals surface area contributed by atoms with Crippen LogP contribution in [-0.4, -0.2) is 22.9 Å². The van der Waals surface area contributed by atoms with Crippen molar-refractivity contribution in [3.8, 4) is 17.2 Å². The standard InChI is InChI=1S/C27H30O4S/c1-19-9-13-25(26(17-19)31-23-7-5-4-6-8-23)30-21(3)15-16-32-24-12-10-22(20(2)18-24)11-14-27(28)29/h4-10,12-13,17-18,21H,11,14-16H2,1-3H3,(H,28,29)/t21-/m1/s1. The summed E-state index contributed by atoms with van der Waals surface area (Å²) in [5, 5.41) is 8.87. The number of para-hydroxylation sites is 1. The van der Waals surface area contributed by atoms with Crippen molar-refractivity contribution in [2.75, 3.05) is 5.75 Å². The summed E-state index contributed by atoms with van der Waals surface area (Å²) in [5.41, 5.74) is 3.36. The van der Waals surface area contributed by atoms with Crippen LogP contribution < -0.4 is 9.47 Å². The molecule has 3 rings (SSSR count). The minimum Gasteiger partial charge on any atom is -0.487 e. The number of thioether (sulfide) groups is 1. The van der Waals surface area contributed by atoms with E-state index >= 15 is 0 Å². The second-order valence-electron chi connectivity index (χ2n) is 7.91. The molecule has 1 atom stereocenters. The predicted molar refractivity (Wildman–Crippen MR) is 130 cm³/mol. The molecule has 0 heterocycles. The van der Waals surface area contributed by atoms with Crippen LogP contribution in [0.15, 0.2) is 71.6 Å². The lowest BCUT2D eigenvalue weighted by molar-refractivity contribution is -0.136. The van der Waals surface area contributed by atoms with Crippen molar-refractivity contribution in [3.05, 3.63) is 83.4 Å². The topological polar surface area (TPSA) is 55.8 Å². The molecule has 3 aromatic carbocycles. The molecule has 0 radical (unpaired) electrons. The fourth-order valence-electron chi connectivity index (χ4n) is 3.31. The van der Waals surface area contributed by atoms with Crippen LogP contribution >= 0.6 is 11.8 Å². The number of aliphatic carboxylic acids is 1. The average Bonchev–Trinajstić information content (AvgIpc) is 2.76. The van der Waals surface area contributed by atoms with Crippen LogP contribution in [0.25, 0.3) is 0 Å². The van der Waals surface area contributed by atoms with E-state index in [4.69, 9.17) is 14.6 Å². The molecule has 0 aromatic heterocycles. The molecule has 5 heteroatoms. The maximum atomic E-state index is 10.8. The summed E-state index contributed by atoms with van der Waals surface area (Å²) in [6.07, 6.45) is 1.67. The zero-order valence-corrected chi connectivity index (χ0v) is 19.7. The van der Waals surface area contributed by atoms with Gasteiger partial charge in [-0.05, 0) is 86.7 Å². The molecule has 3 aromatic rings. The van der Waals surface area contributed by atoms with Gasteiger partial charge in [-0.1, -0.05) is 30.3 Å². The molecular formula is C27H30O4S. The Kier molecular flexibility index (Phi) is 8.63. The Morgan fingerprint density at radius 2 is 1.78 bits per heavy atom. The van der Waals surface area contributed by atoms with Gasteiger partial charge in [0.2, 0.25) is 0 Å². The zero-order valence-electron chi connectivity index (χ0n) is 18.8. The molecule has 0 bridgehead atoms. The molecule has 0 spiro atoms. The third kappa shape index (κ3) is 7.34. The molecule has 0 aliphatic rings. The van der Waals surface area contributed by atoms with Crippen molar-refractivity contribution in [2.45, 2.75) is 51.0 Å². The smallest absolute Gasteiger partial charge is 0.303 e. The van der Waals surface area contributed by atoms with Gasteiger partial charge < -0.3 is 14.6 Å². The molecule has 0 unspecified atom stereocenters. The van der Waals surface area contributed by atoms with Gasteiger partial charge in [-0.25, -0.2) is 0 Å². The third-order valence-electron chi connectivity index (χ3n) is 5.11. The lowest BCUT2D eigenvalue weighted by Crippen LogP contribution is -2.13. The number of benzene rings is 3. The normalized spacial score (nSPS) is 11.7. The van der Waals surface area contributed by atoms with Crippen molar-refractivity contribution >= 4 is 17.7 Å². The molecule has 0 amide bonds. The van der Waals surface area contributed by atoms with Gasteiger partial charge >= 0.3 is 5.97 Å². The van der Waals surface area contributed by atoms with Crippen molar-refractivity contribution in [3.63, 3.8) is 0 Å². The first-order chi connectivity index (χ1) is 15.4. The summed E-state index contributed by atoms with van der Waals surface area (Å²) >= 11 is 1.79. The number of carboxylic acids is 1. The van der Waals surface area contributed by atoms with E-state index in [-0.39, 0.29) is 12.5 Å². The van der Waals surface area contributed by atoms with Gasteiger partial charge in [0, 0.05) is 17.1 Å². The van der Waals surface area contributed by atoms with E-state index in [0.29, 0.717) is 6.42 Å². The minimum absolute atomic E-state index is 0.0410. The number of aryl methyl sites for hydroxylation is 3. The Morgan fingerprint density at radius 3 is 2.50 bits per heavy atom. The van der Waals surface area contributed by atoms with Crippen molar-refractivity contribution in [2.24, 2.45) is 0 Å². The summed E-state index contributed by atoms with van der Waals surface area (Å²) in [5.74, 6) is 2.42. The number of carboxylic acid groups (broad SMARTS) is 1. The van der Waals surface area contributed by atoms with Gasteiger partial charge in [0.25, 0.3) is 0 Å². The van der Waals surface area contributed by atoms with Gasteiger partial charge in [-0.3, -0.25) is 4.79 Å². The molecule has 0 saturated heterocycles. The summed E-state index contributed by atoms with van der Waals surface area (Å²) in [6, 6.07) is 22.0. The Balaban J connectivity index is 1.53. The van der Waals surface area contributed by atoms with Crippen molar-refractivity contribution in [1.29, 1.82) is 0 Å². The van der Waals surface area contributed by atoms with E-state index in [0.717, 1.165) is 46.1 Å². The first-order valence-corrected chi connectivity index (χ1v) is 11.8. The first kappa shape index (κ1) is 23.7. The molecular weight excluding hydrogens is 420 g/mol. The van der Waals surface area contributed by atoms with Gasteiger partial charge in [0.1, 0.15) is 5.75 Å². The average molecular weight is 451 g/mol. The van der Waals surface area contributed by atoms with Crippen LogP contribution in [0.4, 0.5) is 0 Å².